The van der Waals surface area contributed by atoms with Gasteiger partial charge in [0.2, 0.25) is 5.91 Å². The van der Waals surface area contributed by atoms with E-state index in [9.17, 15) is 14.4 Å². The standard InChI is InChI=1S/C16H15FN4O2S/c1-16(9-18,10-6-7-10)19-13(22)8-24-15-21-20-14(23-15)11-4-2-3-5-12(11)17/h2-5,10H,6-8H2,1H3,(H,19,22)/t16-/m0/s1. The van der Waals surface area contributed by atoms with Gasteiger partial charge in [-0.25, -0.2) is 4.39 Å². The summed E-state index contributed by atoms with van der Waals surface area (Å²) in [5.41, 5.74) is -0.614. The third-order valence-electron chi connectivity index (χ3n) is 3.86. The summed E-state index contributed by atoms with van der Waals surface area (Å²) >= 11 is 1.05. The van der Waals surface area contributed by atoms with E-state index in [0.717, 1.165) is 24.6 Å². The minimum absolute atomic E-state index is 0.0445. The van der Waals surface area contributed by atoms with Gasteiger partial charge in [0.25, 0.3) is 11.1 Å². The van der Waals surface area contributed by atoms with E-state index in [1.165, 1.54) is 12.1 Å². The third-order valence-corrected chi connectivity index (χ3v) is 4.68. The van der Waals surface area contributed by atoms with Gasteiger partial charge in [-0.15, -0.1) is 10.2 Å². The molecule has 1 aromatic carbocycles. The molecule has 1 saturated carbocycles. The molecule has 1 aliphatic rings. The van der Waals surface area contributed by atoms with E-state index in [0.29, 0.717) is 0 Å². The summed E-state index contributed by atoms with van der Waals surface area (Å²) in [6.07, 6.45) is 1.90. The fraction of sp³-hybridized carbons (Fsp3) is 0.375. The van der Waals surface area contributed by atoms with Crippen LogP contribution in [-0.4, -0.2) is 27.4 Å². The molecule has 1 fully saturated rings. The summed E-state index contributed by atoms with van der Waals surface area (Å²) in [6, 6.07) is 8.25. The molecule has 124 valence electrons. The van der Waals surface area contributed by atoms with Crippen molar-refractivity contribution in [2.75, 3.05) is 5.75 Å². The highest BCUT2D eigenvalue weighted by molar-refractivity contribution is 7.99. The lowest BCUT2D eigenvalue weighted by Gasteiger charge is -2.22. The second-order valence-corrected chi connectivity index (χ2v) is 6.70. The summed E-state index contributed by atoms with van der Waals surface area (Å²) in [4.78, 5) is 12.0. The highest BCUT2D eigenvalue weighted by atomic mass is 32.2. The number of amides is 1. The average molecular weight is 346 g/mol. The molecule has 0 radical (unpaired) electrons. The van der Waals surface area contributed by atoms with Gasteiger partial charge in [-0.2, -0.15) is 5.26 Å². The van der Waals surface area contributed by atoms with E-state index < -0.39 is 11.4 Å². The Balaban J connectivity index is 1.59. The Hall–Kier alpha value is -2.40. The van der Waals surface area contributed by atoms with E-state index in [1.54, 1.807) is 19.1 Å². The fourth-order valence-electron chi connectivity index (χ4n) is 2.35. The lowest BCUT2D eigenvalue weighted by molar-refractivity contribution is -0.119. The Bertz CT molecular complexity index is 799. The van der Waals surface area contributed by atoms with Crippen LogP contribution in [0.15, 0.2) is 33.9 Å². The van der Waals surface area contributed by atoms with Crippen LogP contribution in [0.3, 0.4) is 0 Å². The van der Waals surface area contributed by atoms with Crippen molar-refractivity contribution in [3.8, 4) is 17.5 Å². The number of nitrogens with one attached hydrogen (secondary N) is 1. The molecule has 1 aromatic heterocycles. The van der Waals surface area contributed by atoms with Crippen molar-refractivity contribution in [3.63, 3.8) is 0 Å². The zero-order chi connectivity index (χ0) is 17.2. The first kappa shape index (κ1) is 16.5. The van der Waals surface area contributed by atoms with Gasteiger partial charge < -0.3 is 9.73 Å². The molecule has 1 amide bonds. The molecular formula is C16H15FN4O2S. The van der Waals surface area contributed by atoms with Crippen molar-refractivity contribution in [1.82, 2.24) is 15.5 Å². The average Bonchev–Trinajstić information content (AvgIpc) is 3.33. The number of nitrogens with zero attached hydrogens (tertiary/aromatic N) is 3. The first-order chi connectivity index (χ1) is 11.5. The quantitative estimate of drug-likeness (QED) is 0.809. The van der Waals surface area contributed by atoms with Crippen LogP contribution < -0.4 is 5.32 Å². The topological polar surface area (TPSA) is 91.8 Å². The van der Waals surface area contributed by atoms with Crippen molar-refractivity contribution in [1.29, 1.82) is 5.26 Å². The normalized spacial score (nSPS) is 16.2. The van der Waals surface area contributed by atoms with Crippen molar-refractivity contribution >= 4 is 17.7 Å². The molecule has 2 aromatic rings. The molecule has 24 heavy (non-hydrogen) atoms. The largest absolute Gasteiger partial charge is 0.411 e. The number of rotatable bonds is 6. The van der Waals surface area contributed by atoms with Crippen LogP contribution in [0.4, 0.5) is 4.39 Å². The SMILES string of the molecule is C[C@@](C#N)(NC(=O)CSc1nnc(-c2ccccc2F)o1)C1CC1. The van der Waals surface area contributed by atoms with Gasteiger partial charge in [-0.3, -0.25) is 4.79 Å². The Kier molecular flexibility index (Phi) is 4.53. The molecule has 1 atom stereocenters. The molecule has 3 rings (SSSR count). The van der Waals surface area contributed by atoms with Crippen molar-refractivity contribution in [2.45, 2.75) is 30.5 Å². The maximum atomic E-state index is 13.7. The monoisotopic (exact) mass is 346 g/mol. The number of carbonyl (C=O) groups excluding carboxylic acids is 1. The minimum atomic E-state index is -0.829. The first-order valence-electron chi connectivity index (χ1n) is 7.45. The summed E-state index contributed by atoms with van der Waals surface area (Å²) in [7, 11) is 0. The van der Waals surface area contributed by atoms with Crippen LogP contribution in [0.25, 0.3) is 11.5 Å². The van der Waals surface area contributed by atoms with E-state index in [1.807, 2.05) is 0 Å². The van der Waals surface area contributed by atoms with Gasteiger partial charge in [0, 0.05) is 0 Å². The third kappa shape index (κ3) is 3.57. The number of nitriles is 1. The Labute approximate surface area is 142 Å². The Morgan fingerprint density at radius 2 is 2.25 bits per heavy atom. The molecule has 0 aliphatic heterocycles. The molecule has 0 unspecified atom stereocenters. The molecule has 0 bridgehead atoms. The van der Waals surface area contributed by atoms with Crippen LogP contribution >= 0.6 is 11.8 Å². The summed E-state index contributed by atoms with van der Waals surface area (Å²) in [5, 5.41) is 19.8. The van der Waals surface area contributed by atoms with Crippen LogP contribution in [0.2, 0.25) is 0 Å². The molecular weight excluding hydrogens is 331 g/mol. The van der Waals surface area contributed by atoms with Gasteiger partial charge in [-0.05, 0) is 37.8 Å². The number of hydrogen-bond donors (Lipinski definition) is 1. The number of benzene rings is 1. The number of carbonyl (C=O) groups is 1. The van der Waals surface area contributed by atoms with E-state index >= 15 is 0 Å². The lowest BCUT2D eigenvalue weighted by Crippen LogP contribution is -2.47. The van der Waals surface area contributed by atoms with Crippen molar-refractivity contribution in [2.24, 2.45) is 5.92 Å². The molecule has 1 N–H and O–H groups in total. The van der Waals surface area contributed by atoms with Crippen molar-refractivity contribution in [3.05, 3.63) is 30.1 Å². The molecule has 0 saturated heterocycles. The maximum Gasteiger partial charge on any atom is 0.277 e. The number of hydrogen-bond acceptors (Lipinski definition) is 6. The molecule has 0 spiro atoms. The number of thioether (sulfide) groups is 1. The molecule has 1 aliphatic carbocycles. The van der Waals surface area contributed by atoms with Gasteiger partial charge in [-0.1, -0.05) is 23.9 Å². The predicted octanol–water partition coefficient (Wildman–Crippen LogP) is 2.78. The first-order valence-corrected chi connectivity index (χ1v) is 8.44. The number of halogens is 1. The highest BCUT2D eigenvalue weighted by Crippen LogP contribution is 2.39. The summed E-state index contributed by atoms with van der Waals surface area (Å²) < 4.78 is 19.0. The summed E-state index contributed by atoms with van der Waals surface area (Å²) in [5.74, 6) is -0.405. The fourth-order valence-corrected chi connectivity index (χ4v) is 2.91. The zero-order valence-electron chi connectivity index (χ0n) is 13.0. The highest BCUT2D eigenvalue weighted by Gasteiger charge is 2.42. The second-order valence-electron chi connectivity index (χ2n) is 5.78. The predicted molar refractivity (Wildman–Crippen MR) is 85.3 cm³/mol. The Morgan fingerprint density at radius 3 is 2.92 bits per heavy atom. The van der Waals surface area contributed by atoms with Crippen LogP contribution in [0.1, 0.15) is 19.8 Å². The van der Waals surface area contributed by atoms with Gasteiger partial charge in [0.05, 0.1) is 17.4 Å². The van der Waals surface area contributed by atoms with Crippen LogP contribution in [0, 0.1) is 23.1 Å². The van der Waals surface area contributed by atoms with Gasteiger partial charge in [0.15, 0.2) is 0 Å². The lowest BCUT2D eigenvalue weighted by atomic mass is 9.98. The van der Waals surface area contributed by atoms with Crippen LogP contribution in [0.5, 0.6) is 0 Å². The smallest absolute Gasteiger partial charge is 0.277 e. The molecule has 6 nitrogen and oxygen atoms in total. The number of aromatic nitrogens is 2. The zero-order valence-corrected chi connectivity index (χ0v) is 13.8. The van der Waals surface area contributed by atoms with Gasteiger partial charge in [0.1, 0.15) is 11.4 Å². The van der Waals surface area contributed by atoms with E-state index in [4.69, 9.17) is 4.42 Å². The summed E-state index contributed by atoms with van der Waals surface area (Å²) in [6.45, 7) is 1.73. The maximum absolute atomic E-state index is 13.7. The second kappa shape index (κ2) is 6.61. The molecule has 1 heterocycles. The minimum Gasteiger partial charge on any atom is -0.411 e. The van der Waals surface area contributed by atoms with Crippen molar-refractivity contribution < 1.29 is 13.6 Å². The van der Waals surface area contributed by atoms with E-state index in [-0.39, 0.29) is 34.3 Å². The van der Waals surface area contributed by atoms with Gasteiger partial charge >= 0.3 is 0 Å². The Morgan fingerprint density at radius 1 is 1.50 bits per heavy atom. The van der Waals surface area contributed by atoms with E-state index in [2.05, 4.69) is 21.6 Å². The van der Waals surface area contributed by atoms with Crippen LogP contribution in [-0.2, 0) is 4.79 Å². The molecule has 8 heteroatoms.